The summed E-state index contributed by atoms with van der Waals surface area (Å²) in [5.74, 6) is 0.649. The summed E-state index contributed by atoms with van der Waals surface area (Å²) in [6, 6.07) is 10.5. The van der Waals surface area contributed by atoms with Crippen LogP contribution in [0.25, 0.3) is 6.08 Å². The van der Waals surface area contributed by atoms with Crippen LogP contribution >= 0.6 is 0 Å². The largest absolute Gasteiger partial charge is 0.390 e. The van der Waals surface area contributed by atoms with E-state index < -0.39 is 5.60 Å². The lowest BCUT2D eigenvalue weighted by atomic mass is 9.77. The van der Waals surface area contributed by atoms with E-state index in [4.69, 9.17) is 0 Å². The van der Waals surface area contributed by atoms with Crippen molar-refractivity contribution in [3.05, 3.63) is 41.5 Å². The first kappa shape index (κ1) is 12.4. The Bertz CT molecular complexity index is 379. The summed E-state index contributed by atoms with van der Waals surface area (Å²) in [6.07, 6.45) is 6.37. The Morgan fingerprint density at radius 1 is 1.24 bits per heavy atom. The first-order chi connectivity index (χ1) is 8.07. The Morgan fingerprint density at radius 2 is 1.82 bits per heavy atom. The normalized spacial score (nSPS) is 30.3. The molecule has 17 heavy (non-hydrogen) atoms. The highest BCUT2D eigenvalue weighted by atomic mass is 16.3. The van der Waals surface area contributed by atoms with E-state index in [9.17, 15) is 5.11 Å². The first-order valence-electron chi connectivity index (χ1n) is 6.52. The molecule has 1 fully saturated rings. The van der Waals surface area contributed by atoms with Crippen molar-refractivity contribution < 1.29 is 5.11 Å². The lowest BCUT2D eigenvalue weighted by Crippen LogP contribution is -2.30. The van der Waals surface area contributed by atoms with Crippen LogP contribution < -0.4 is 0 Å². The van der Waals surface area contributed by atoms with Crippen molar-refractivity contribution in [3.63, 3.8) is 0 Å². The third kappa shape index (κ3) is 3.44. The van der Waals surface area contributed by atoms with Crippen molar-refractivity contribution in [2.24, 2.45) is 5.92 Å². The highest BCUT2D eigenvalue weighted by Crippen LogP contribution is 2.35. The Balaban J connectivity index is 2.02. The highest BCUT2D eigenvalue weighted by Gasteiger charge is 2.28. The Morgan fingerprint density at radius 3 is 2.41 bits per heavy atom. The lowest BCUT2D eigenvalue weighted by Gasteiger charge is -2.33. The quantitative estimate of drug-likeness (QED) is 0.813. The number of hydrogen-bond acceptors (Lipinski definition) is 1. The summed E-state index contributed by atoms with van der Waals surface area (Å²) in [4.78, 5) is 0. The molecule has 1 heteroatoms. The molecule has 1 N–H and O–H groups in total. The monoisotopic (exact) mass is 230 g/mol. The van der Waals surface area contributed by atoms with E-state index in [1.165, 1.54) is 11.1 Å². The highest BCUT2D eigenvalue weighted by molar-refractivity contribution is 5.52. The Kier molecular flexibility index (Phi) is 3.68. The average molecular weight is 230 g/mol. The van der Waals surface area contributed by atoms with Gasteiger partial charge in [0.25, 0.3) is 0 Å². The van der Waals surface area contributed by atoms with Gasteiger partial charge in [0.05, 0.1) is 5.60 Å². The SMILES string of the molecule is CC(=Cc1ccccc1)C1CCC(C)(O)CC1. The second-order valence-electron chi connectivity index (χ2n) is 5.57. The third-order valence-corrected chi connectivity index (χ3v) is 3.90. The van der Waals surface area contributed by atoms with Crippen LogP contribution in [0.5, 0.6) is 0 Å². The van der Waals surface area contributed by atoms with Gasteiger partial charge in [-0.2, -0.15) is 0 Å². The molecule has 0 bridgehead atoms. The van der Waals surface area contributed by atoms with Crippen LogP contribution in [-0.4, -0.2) is 10.7 Å². The van der Waals surface area contributed by atoms with Crippen molar-refractivity contribution in [3.8, 4) is 0 Å². The molecule has 1 saturated carbocycles. The van der Waals surface area contributed by atoms with Gasteiger partial charge in [0.1, 0.15) is 0 Å². The number of aliphatic hydroxyl groups is 1. The fraction of sp³-hybridized carbons (Fsp3) is 0.500. The fourth-order valence-corrected chi connectivity index (χ4v) is 2.63. The van der Waals surface area contributed by atoms with Crippen LogP contribution in [0.1, 0.15) is 45.1 Å². The summed E-state index contributed by atoms with van der Waals surface area (Å²) in [5.41, 5.74) is 2.30. The summed E-state index contributed by atoms with van der Waals surface area (Å²) in [5, 5.41) is 9.94. The molecule has 92 valence electrons. The maximum atomic E-state index is 9.94. The van der Waals surface area contributed by atoms with E-state index in [1.807, 2.05) is 13.0 Å². The Labute approximate surface area is 104 Å². The van der Waals surface area contributed by atoms with Crippen molar-refractivity contribution in [2.75, 3.05) is 0 Å². The van der Waals surface area contributed by atoms with Gasteiger partial charge < -0.3 is 5.11 Å². The molecule has 0 unspecified atom stereocenters. The zero-order valence-electron chi connectivity index (χ0n) is 10.8. The molecular formula is C16H22O. The van der Waals surface area contributed by atoms with Gasteiger partial charge >= 0.3 is 0 Å². The summed E-state index contributed by atoms with van der Waals surface area (Å²) < 4.78 is 0. The van der Waals surface area contributed by atoms with Crippen LogP contribution in [-0.2, 0) is 0 Å². The molecule has 0 spiro atoms. The van der Waals surface area contributed by atoms with E-state index in [1.54, 1.807) is 0 Å². The van der Waals surface area contributed by atoms with Crippen molar-refractivity contribution >= 4 is 6.08 Å². The molecule has 1 aromatic rings. The average Bonchev–Trinajstić information content (AvgIpc) is 2.30. The molecule has 0 heterocycles. The van der Waals surface area contributed by atoms with Gasteiger partial charge in [-0.3, -0.25) is 0 Å². The second kappa shape index (κ2) is 5.05. The van der Waals surface area contributed by atoms with Gasteiger partial charge in [-0.1, -0.05) is 42.0 Å². The van der Waals surface area contributed by atoms with Crippen LogP contribution in [0, 0.1) is 5.92 Å². The summed E-state index contributed by atoms with van der Waals surface area (Å²) in [7, 11) is 0. The summed E-state index contributed by atoms with van der Waals surface area (Å²) >= 11 is 0. The number of allylic oxidation sites excluding steroid dienone is 1. The number of rotatable bonds is 2. The molecule has 0 aromatic heterocycles. The second-order valence-corrected chi connectivity index (χ2v) is 5.57. The minimum atomic E-state index is -0.427. The van der Waals surface area contributed by atoms with Gasteiger partial charge in [-0.05, 0) is 51.0 Å². The molecule has 0 aliphatic heterocycles. The molecule has 0 atom stereocenters. The first-order valence-corrected chi connectivity index (χ1v) is 6.52. The molecule has 1 nitrogen and oxygen atoms in total. The maximum absolute atomic E-state index is 9.94. The molecule has 0 radical (unpaired) electrons. The third-order valence-electron chi connectivity index (χ3n) is 3.90. The van der Waals surface area contributed by atoms with Gasteiger partial charge in [0.15, 0.2) is 0 Å². The van der Waals surface area contributed by atoms with E-state index in [0.29, 0.717) is 5.92 Å². The molecule has 1 aliphatic rings. The molecule has 0 saturated heterocycles. The van der Waals surface area contributed by atoms with Crippen LogP contribution in [0.15, 0.2) is 35.9 Å². The molecule has 2 rings (SSSR count). The van der Waals surface area contributed by atoms with Gasteiger partial charge in [0, 0.05) is 0 Å². The topological polar surface area (TPSA) is 20.2 Å². The van der Waals surface area contributed by atoms with E-state index in [2.05, 4.69) is 37.3 Å². The van der Waals surface area contributed by atoms with Gasteiger partial charge in [0.2, 0.25) is 0 Å². The standard InChI is InChI=1S/C16H22O/c1-13(12-14-6-4-3-5-7-14)15-8-10-16(2,17)11-9-15/h3-7,12,15,17H,8-11H2,1-2H3. The van der Waals surface area contributed by atoms with Crippen LogP contribution in [0.3, 0.4) is 0 Å². The van der Waals surface area contributed by atoms with Crippen molar-refractivity contribution in [1.29, 1.82) is 0 Å². The van der Waals surface area contributed by atoms with E-state index >= 15 is 0 Å². The van der Waals surface area contributed by atoms with Gasteiger partial charge in [-0.15, -0.1) is 0 Å². The molecular weight excluding hydrogens is 208 g/mol. The molecule has 1 aromatic carbocycles. The zero-order valence-corrected chi connectivity index (χ0v) is 10.8. The van der Waals surface area contributed by atoms with Crippen molar-refractivity contribution in [2.45, 2.75) is 45.1 Å². The van der Waals surface area contributed by atoms with Gasteiger partial charge in [-0.25, -0.2) is 0 Å². The van der Waals surface area contributed by atoms with Crippen LogP contribution in [0.2, 0.25) is 0 Å². The summed E-state index contributed by atoms with van der Waals surface area (Å²) in [6.45, 7) is 4.18. The van der Waals surface area contributed by atoms with E-state index in [0.717, 1.165) is 25.7 Å². The minimum absolute atomic E-state index is 0.427. The fourth-order valence-electron chi connectivity index (χ4n) is 2.63. The lowest BCUT2D eigenvalue weighted by molar-refractivity contribution is 0.0127. The maximum Gasteiger partial charge on any atom is 0.0620 e. The molecule has 0 amide bonds. The Hall–Kier alpha value is -1.08. The molecule has 1 aliphatic carbocycles. The van der Waals surface area contributed by atoms with Crippen molar-refractivity contribution in [1.82, 2.24) is 0 Å². The van der Waals surface area contributed by atoms with Crippen LogP contribution in [0.4, 0.5) is 0 Å². The van der Waals surface area contributed by atoms with E-state index in [-0.39, 0.29) is 0 Å². The predicted octanol–water partition coefficient (Wildman–Crippen LogP) is 4.03. The minimum Gasteiger partial charge on any atom is -0.390 e. The number of hydrogen-bond donors (Lipinski definition) is 1. The number of benzene rings is 1. The predicted molar refractivity (Wildman–Crippen MR) is 72.7 cm³/mol. The zero-order chi connectivity index (χ0) is 12.3. The smallest absolute Gasteiger partial charge is 0.0620 e.